The summed E-state index contributed by atoms with van der Waals surface area (Å²) in [6.45, 7) is 0.131. The van der Waals surface area contributed by atoms with Crippen LogP contribution in [0.4, 0.5) is 13.2 Å². The van der Waals surface area contributed by atoms with Gasteiger partial charge < -0.3 is 9.67 Å². The zero-order chi connectivity index (χ0) is 25.2. The van der Waals surface area contributed by atoms with Gasteiger partial charge in [0.1, 0.15) is 11.8 Å². The highest BCUT2D eigenvalue weighted by Crippen LogP contribution is 2.32. The highest BCUT2D eigenvalue weighted by atomic mass is 35.5. The topological polar surface area (TPSA) is 90.4 Å². The van der Waals surface area contributed by atoms with E-state index in [9.17, 15) is 23.1 Å². The van der Waals surface area contributed by atoms with E-state index in [-0.39, 0.29) is 28.4 Å². The Balaban J connectivity index is 1.55. The van der Waals surface area contributed by atoms with Gasteiger partial charge in [0.2, 0.25) is 0 Å². The number of nitriles is 1. The molecule has 35 heavy (non-hydrogen) atoms. The summed E-state index contributed by atoms with van der Waals surface area (Å²) in [5.41, 5.74) is 3.45. The predicted molar refractivity (Wildman–Crippen MR) is 125 cm³/mol. The number of phenolic OH excluding ortho intramolecular Hbond substituents is 1. The average Bonchev–Trinajstić information content (AvgIpc) is 3.23. The Bertz CT molecular complexity index is 1500. The van der Waals surface area contributed by atoms with Crippen LogP contribution in [0.1, 0.15) is 32.6 Å². The van der Waals surface area contributed by atoms with Crippen molar-refractivity contribution < 1.29 is 23.1 Å². The van der Waals surface area contributed by atoms with Gasteiger partial charge in [-0.3, -0.25) is 4.79 Å². The summed E-state index contributed by atoms with van der Waals surface area (Å²) in [6.07, 6.45) is -1.30. The molecule has 0 aliphatic heterocycles. The van der Waals surface area contributed by atoms with Crippen molar-refractivity contribution in [1.29, 1.82) is 5.26 Å². The second-order valence-corrected chi connectivity index (χ2v) is 7.98. The van der Waals surface area contributed by atoms with E-state index in [2.05, 4.69) is 10.5 Å². The molecule has 1 aromatic heterocycles. The van der Waals surface area contributed by atoms with Gasteiger partial charge in [0, 0.05) is 39.8 Å². The van der Waals surface area contributed by atoms with Crippen LogP contribution in [0.5, 0.6) is 5.75 Å². The molecule has 0 unspecified atom stereocenters. The number of halogens is 4. The Kier molecular flexibility index (Phi) is 6.49. The van der Waals surface area contributed by atoms with Gasteiger partial charge in [0.15, 0.2) is 0 Å². The number of alkyl halides is 3. The fraction of sp³-hybridized carbons (Fsp3) is 0.0800. The number of hydrogen-bond donors (Lipinski definition) is 2. The molecule has 0 bridgehead atoms. The van der Waals surface area contributed by atoms with Crippen LogP contribution in [-0.2, 0) is 12.7 Å². The van der Waals surface area contributed by atoms with Crippen LogP contribution in [0, 0.1) is 11.3 Å². The maximum absolute atomic E-state index is 13.1. The molecule has 10 heteroatoms. The third kappa shape index (κ3) is 5.13. The van der Waals surface area contributed by atoms with Crippen molar-refractivity contribution in [1.82, 2.24) is 9.99 Å². The van der Waals surface area contributed by atoms with Gasteiger partial charge in [-0.05, 0) is 54.1 Å². The van der Waals surface area contributed by atoms with Crippen LogP contribution in [0.25, 0.3) is 10.9 Å². The van der Waals surface area contributed by atoms with Crippen molar-refractivity contribution >= 4 is 34.6 Å². The lowest BCUT2D eigenvalue weighted by Gasteiger charge is -2.12. The Labute approximate surface area is 202 Å². The summed E-state index contributed by atoms with van der Waals surface area (Å²) in [6, 6.07) is 16.0. The largest absolute Gasteiger partial charge is 0.507 e. The van der Waals surface area contributed by atoms with Gasteiger partial charge in [0.25, 0.3) is 5.91 Å². The minimum atomic E-state index is -4.47. The molecule has 6 nitrogen and oxygen atoms in total. The second-order valence-electron chi connectivity index (χ2n) is 7.57. The SMILES string of the molecule is N#Cc1cc(C(=O)NN=Cc2cccc3c2ccn3Cc2cc(C(F)(F)F)ccc2Cl)ccc1O. The number of phenols is 1. The van der Waals surface area contributed by atoms with Crippen LogP contribution in [-0.4, -0.2) is 21.8 Å². The highest BCUT2D eigenvalue weighted by Gasteiger charge is 2.30. The third-order valence-electron chi connectivity index (χ3n) is 5.31. The van der Waals surface area contributed by atoms with Crippen LogP contribution < -0.4 is 5.43 Å². The number of aromatic hydroxyl groups is 1. The van der Waals surface area contributed by atoms with Crippen molar-refractivity contribution in [3.8, 4) is 11.8 Å². The van der Waals surface area contributed by atoms with E-state index < -0.39 is 17.6 Å². The number of amides is 1. The predicted octanol–water partition coefficient (Wildman–Crippen LogP) is 5.70. The molecule has 176 valence electrons. The van der Waals surface area contributed by atoms with E-state index in [0.717, 1.165) is 23.0 Å². The van der Waals surface area contributed by atoms with Crippen LogP contribution >= 0.6 is 11.6 Å². The minimum absolute atomic E-state index is 0.0337. The molecule has 1 heterocycles. The zero-order valence-electron chi connectivity index (χ0n) is 17.8. The van der Waals surface area contributed by atoms with Gasteiger partial charge in [0.05, 0.1) is 17.3 Å². The number of rotatable bonds is 5. The van der Waals surface area contributed by atoms with Crippen LogP contribution in [0.15, 0.2) is 72.0 Å². The lowest BCUT2D eigenvalue weighted by atomic mass is 10.1. The van der Waals surface area contributed by atoms with Crippen molar-refractivity contribution in [2.45, 2.75) is 12.7 Å². The fourth-order valence-electron chi connectivity index (χ4n) is 3.55. The molecule has 4 rings (SSSR count). The first-order chi connectivity index (χ1) is 16.7. The smallest absolute Gasteiger partial charge is 0.416 e. The fourth-order valence-corrected chi connectivity index (χ4v) is 3.72. The van der Waals surface area contributed by atoms with Crippen LogP contribution in [0.3, 0.4) is 0 Å². The van der Waals surface area contributed by atoms with Gasteiger partial charge in [-0.1, -0.05) is 23.7 Å². The standard InChI is InChI=1S/C25H16ClF3N4O2/c26-21-6-5-19(25(27,28)29)11-18(21)14-33-9-8-20-16(2-1-3-22(20)33)13-31-32-24(35)15-4-7-23(34)17(10-15)12-30/h1-11,13,34H,14H2,(H,32,35). The van der Waals surface area contributed by atoms with Crippen LogP contribution in [0.2, 0.25) is 5.02 Å². The lowest BCUT2D eigenvalue weighted by molar-refractivity contribution is -0.137. The molecule has 2 N–H and O–H groups in total. The van der Waals surface area contributed by atoms with Crippen molar-refractivity contribution in [3.05, 3.63) is 99.7 Å². The Morgan fingerprint density at radius 2 is 1.97 bits per heavy atom. The number of benzene rings is 3. The molecule has 3 aromatic carbocycles. The number of aromatic nitrogens is 1. The first-order valence-electron chi connectivity index (χ1n) is 10.2. The Morgan fingerprint density at radius 1 is 1.17 bits per heavy atom. The van der Waals surface area contributed by atoms with E-state index >= 15 is 0 Å². The van der Waals surface area contributed by atoms with Gasteiger partial charge in [-0.15, -0.1) is 0 Å². The number of hydrazone groups is 1. The molecule has 0 aliphatic carbocycles. The number of fused-ring (bicyclic) bond motifs is 1. The van der Waals surface area contributed by atoms with E-state index in [1.54, 1.807) is 35.0 Å². The summed E-state index contributed by atoms with van der Waals surface area (Å²) in [7, 11) is 0. The maximum atomic E-state index is 13.1. The molecule has 0 radical (unpaired) electrons. The van der Waals surface area contributed by atoms with E-state index in [4.69, 9.17) is 16.9 Å². The van der Waals surface area contributed by atoms with Gasteiger partial charge >= 0.3 is 6.18 Å². The summed E-state index contributed by atoms with van der Waals surface area (Å²) >= 11 is 6.15. The quantitative estimate of drug-likeness (QED) is 0.274. The molecular weight excluding hydrogens is 481 g/mol. The normalized spacial score (nSPS) is 11.6. The zero-order valence-corrected chi connectivity index (χ0v) is 18.6. The average molecular weight is 497 g/mol. The molecule has 4 aromatic rings. The first kappa shape index (κ1) is 23.9. The lowest BCUT2D eigenvalue weighted by Crippen LogP contribution is -2.17. The first-order valence-corrected chi connectivity index (χ1v) is 10.5. The Morgan fingerprint density at radius 3 is 2.71 bits per heavy atom. The summed E-state index contributed by atoms with van der Waals surface area (Å²) in [4.78, 5) is 12.3. The molecule has 0 fully saturated rings. The van der Waals surface area contributed by atoms with Gasteiger partial charge in [-0.25, -0.2) is 5.43 Å². The molecule has 0 aliphatic rings. The molecule has 0 saturated carbocycles. The third-order valence-corrected chi connectivity index (χ3v) is 5.68. The molecule has 0 saturated heterocycles. The number of hydrogen-bond acceptors (Lipinski definition) is 4. The van der Waals surface area contributed by atoms with E-state index in [0.29, 0.717) is 11.1 Å². The Hall–Kier alpha value is -4.29. The van der Waals surface area contributed by atoms with E-state index in [1.807, 2.05) is 6.07 Å². The number of carbonyl (C=O) groups is 1. The van der Waals surface area contributed by atoms with Crippen molar-refractivity contribution in [2.75, 3.05) is 0 Å². The summed E-state index contributed by atoms with van der Waals surface area (Å²) < 4.78 is 41.1. The van der Waals surface area contributed by atoms with Gasteiger partial charge in [-0.2, -0.15) is 23.5 Å². The molecule has 1 amide bonds. The van der Waals surface area contributed by atoms with E-state index in [1.165, 1.54) is 30.5 Å². The number of nitrogens with zero attached hydrogens (tertiary/aromatic N) is 3. The molecule has 0 spiro atoms. The molecular formula is C25H16ClF3N4O2. The molecule has 0 atom stereocenters. The monoisotopic (exact) mass is 496 g/mol. The summed E-state index contributed by atoms with van der Waals surface area (Å²) in [5.74, 6) is -0.795. The minimum Gasteiger partial charge on any atom is -0.507 e. The second kappa shape index (κ2) is 9.52. The summed E-state index contributed by atoms with van der Waals surface area (Å²) in [5, 5.41) is 23.5. The van der Waals surface area contributed by atoms with Crippen molar-refractivity contribution in [2.24, 2.45) is 5.10 Å². The highest BCUT2D eigenvalue weighted by molar-refractivity contribution is 6.31. The maximum Gasteiger partial charge on any atom is 0.416 e. The number of nitrogens with one attached hydrogen (secondary N) is 1. The van der Waals surface area contributed by atoms with Crippen molar-refractivity contribution in [3.63, 3.8) is 0 Å². The number of carbonyl (C=O) groups excluding carboxylic acids is 1.